The minimum Gasteiger partial charge on any atom is -0.411 e. The summed E-state index contributed by atoms with van der Waals surface area (Å²) in [5, 5.41) is 11.0. The number of oxime groups is 1. The van der Waals surface area contributed by atoms with Crippen LogP contribution in [0.15, 0.2) is 30.0 Å². The van der Waals surface area contributed by atoms with E-state index in [4.69, 9.17) is 5.21 Å². The van der Waals surface area contributed by atoms with E-state index in [9.17, 15) is 0 Å². The van der Waals surface area contributed by atoms with Gasteiger partial charge in [-0.1, -0.05) is 23.9 Å². The molecule has 0 bridgehead atoms. The Kier molecular flexibility index (Phi) is 3.58. The largest absolute Gasteiger partial charge is 0.411 e. The summed E-state index contributed by atoms with van der Waals surface area (Å²) in [5.74, 6) is 0. The SMILES string of the molecule is C=C/C=C\C(C)=N/O. The van der Waals surface area contributed by atoms with Gasteiger partial charge < -0.3 is 5.21 Å². The molecule has 0 aliphatic rings. The number of hydrogen-bond donors (Lipinski definition) is 1. The van der Waals surface area contributed by atoms with Crippen molar-refractivity contribution in [2.24, 2.45) is 5.16 Å². The molecule has 0 aromatic carbocycles. The van der Waals surface area contributed by atoms with Crippen molar-refractivity contribution < 1.29 is 5.21 Å². The van der Waals surface area contributed by atoms with Crippen LogP contribution < -0.4 is 0 Å². The Bertz CT molecular complexity index is 124. The molecule has 0 heterocycles. The van der Waals surface area contributed by atoms with E-state index < -0.39 is 0 Å². The van der Waals surface area contributed by atoms with E-state index in [0.717, 1.165) is 0 Å². The fourth-order valence-electron chi connectivity index (χ4n) is 0.241. The van der Waals surface area contributed by atoms with Crippen LogP contribution in [-0.2, 0) is 0 Å². The highest BCUT2D eigenvalue weighted by Gasteiger charge is 1.75. The van der Waals surface area contributed by atoms with Gasteiger partial charge in [0.05, 0.1) is 5.71 Å². The predicted molar refractivity (Wildman–Crippen MR) is 34.2 cm³/mol. The van der Waals surface area contributed by atoms with Crippen molar-refractivity contribution in [1.29, 1.82) is 0 Å². The van der Waals surface area contributed by atoms with Crippen LogP contribution in [-0.4, -0.2) is 10.9 Å². The Morgan fingerprint density at radius 2 is 2.38 bits per heavy atom. The van der Waals surface area contributed by atoms with Crippen LogP contribution in [0.2, 0.25) is 0 Å². The van der Waals surface area contributed by atoms with Gasteiger partial charge in [0.1, 0.15) is 0 Å². The second-order valence-corrected chi connectivity index (χ2v) is 1.34. The normalized spacial score (nSPS) is 12.4. The molecule has 2 heteroatoms. The zero-order valence-corrected chi connectivity index (χ0v) is 4.83. The molecule has 0 spiro atoms. The Hall–Kier alpha value is -1.05. The van der Waals surface area contributed by atoms with Gasteiger partial charge in [-0.25, -0.2) is 0 Å². The van der Waals surface area contributed by atoms with Crippen LogP contribution in [0, 0.1) is 0 Å². The number of hydrogen-bond acceptors (Lipinski definition) is 2. The van der Waals surface area contributed by atoms with Gasteiger partial charge >= 0.3 is 0 Å². The molecule has 1 N–H and O–H groups in total. The van der Waals surface area contributed by atoms with Crippen molar-refractivity contribution >= 4 is 5.71 Å². The smallest absolute Gasteiger partial charge is 0.0764 e. The lowest BCUT2D eigenvalue weighted by molar-refractivity contribution is 0.319. The molecule has 0 unspecified atom stereocenters. The molecule has 0 saturated heterocycles. The summed E-state index contributed by atoms with van der Waals surface area (Å²) >= 11 is 0. The number of nitrogens with zero attached hydrogens (tertiary/aromatic N) is 1. The lowest BCUT2D eigenvalue weighted by Gasteiger charge is -1.79. The highest BCUT2D eigenvalue weighted by atomic mass is 16.4. The predicted octanol–water partition coefficient (Wildman–Crippen LogP) is 1.58. The lowest BCUT2D eigenvalue weighted by Crippen LogP contribution is -1.80. The van der Waals surface area contributed by atoms with Gasteiger partial charge in [0.15, 0.2) is 0 Å². The summed E-state index contributed by atoms with van der Waals surface area (Å²) in [6.45, 7) is 5.14. The first kappa shape index (κ1) is 6.95. The van der Waals surface area contributed by atoms with Crippen LogP contribution in [0.5, 0.6) is 0 Å². The van der Waals surface area contributed by atoms with Crippen LogP contribution in [0.25, 0.3) is 0 Å². The van der Waals surface area contributed by atoms with Crippen molar-refractivity contribution in [3.63, 3.8) is 0 Å². The minimum absolute atomic E-state index is 0.574. The molecular formula is C6H9NO. The maximum Gasteiger partial charge on any atom is 0.0764 e. The highest BCUT2D eigenvalue weighted by molar-refractivity contribution is 5.92. The van der Waals surface area contributed by atoms with E-state index >= 15 is 0 Å². The molecule has 2 nitrogen and oxygen atoms in total. The molecule has 0 aliphatic carbocycles. The van der Waals surface area contributed by atoms with Gasteiger partial charge in [-0.05, 0) is 13.0 Å². The number of rotatable bonds is 2. The first-order valence-corrected chi connectivity index (χ1v) is 2.29. The summed E-state index contributed by atoms with van der Waals surface area (Å²) in [5.41, 5.74) is 0.574. The molecule has 0 radical (unpaired) electrons. The van der Waals surface area contributed by atoms with E-state index in [-0.39, 0.29) is 0 Å². The maximum absolute atomic E-state index is 8.06. The monoisotopic (exact) mass is 111 g/mol. The summed E-state index contributed by atoms with van der Waals surface area (Å²) in [6, 6.07) is 0. The molecule has 0 atom stereocenters. The summed E-state index contributed by atoms with van der Waals surface area (Å²) in [6.07, 6.45) is 4.98. The van der Waals surface area contributed by atoms with E-state index in [1.165, 1.54) is 0 Å². The van der Waals surface area contributed by atoms with Crippen LogP contribution in [0.1, 0.15) is 6.92 Å². The molecule has 44 valence electrons. The molecule has 0 amide bonds. The highest BCUT2D eigenvalue weighted by Crippen LogP contribution is 1.77. The van der Waals surface area contributed by atoms with Crippen LogP contribution in [0.3, 0.4) is 0 Å². The van der Waals surface area contributed by atoms with E-state index in [1.54, 1.807) is 25.2 Å². The Balaban J connectivity index is 3.69. The molecule has 0 rings (SSSR count). The first-order chi connectivity index (χ1) is 3.81. The van der Waals surface area contributed by atoms with Gasteiger partial charge in [-0.3, -0.25) is 0 Å². The zero-order chi connectivity index (χ0) is 6.41. The average molecular weight is 111 g/mol. The van der Waals surface area contributed by atoms with Crippen molar-refractivity contribution in [1.82, 2.24) is 0 Å². The fraction of sp³-hybridized carbons (Fsp3) is 0.167. The Morgan fingerprint density at radius 3 is 2.75 bits per heavy atom. The van der Waals surface area contributed by atoms with Crippen molar-refractivity contribution in [2.75, 3.05) is 0 Å². The summed E-state index contributed by atoms with van der Waals surface area (Å²) in [7, 11) is 0. The van der Waals surface area contributed by atoms with Gasteiger partial charge in [0.2, 0.25) is 0 Å². The van der Waals surface area contributed by atoms with Gasteiger partial charge in [-0.2, -0.15) is 0 Å². The fourth-order valence-corrected chi connectivity index (χ4v) is 0.241. The van der Waals surface area contributed by atoms with E-state index in [0.29, 0.717) is 5.71 Å². The molecule has 8 heavy (non-hydrogen) atoms. The van der Waals surface area contributed by atoms with Crippen LogP contribution >= 0.6 is 0 Å². The summed E-state index contributed by atoms with van der Waals surface area (Å²) < 4.78 is 0. The third-order valence-corrected chi connectivity index (χ3v) is 0.631. The Labute approximate surface area is 48.8 Å². The average Bonchev–Trinajstić information content (AvgIpc) is 1.83. The third kappa shape index (κ3) is 3.15. The Morgan fingerprint density at radius 1 is 1.75 bits per heavy atom. The third-order valence-electron chi connectivity index (χ3n) is 0.631. The molecule has 0 saturated carbocycles. The number of allylic oxidation sites excluding steroid dienone is 3. The second kappa shape index (κ2) is 4.12. The topological polar surface area (TPSA) is 32.6 Å². The van der Waals surface area contributed by atoms with Gasteiger partial charge in [0.25, 0.3) is 0 Å². The summed E-state index contributed by atoms with van der Waals surface area (Å²) in [4.78, 5) is 0. The van der Waals surface area contributed by atoms with Crippen molar-refractivity contribution in [3.05, 3.63) is 24.8 Å². The first-order valence-electron chi connectivity index (χ1n) is 2.29. The van der Waals surface area contributed by atoms with E-state index in [2.05, 4.69) is 11.7 Å². The zero-order valence-electron chi connectivity index (χ0n) is 4.83. The van der Waals surface area contributed by atoms with Crippen LogP contribution in [0.4, 0.5) is 0 Å². The van der Waals surface area contributed by atoms with Gasteiger partial charge in [0, 0.05) is 0 Å². The van der Waals surface area contributed by atoms with Gasteiger partial charge in [-0.15, -0.1) is 0 Å². The molecule has 0 aliphatic heterocycles. The minimum atomic E-state index is 0.574. The van der Waals surface area contributed by atoms with E-state index in [1.807, 2.05) is 0 Å². The lowest BCUT2D eigenvalue weighted by atomic mass is 10.4. The second-order valence-electron chi connectivity index (χ2n) is 1.34. The molecule has 0 fully saturated rings. The molecule has 0 aromatic heterocycles. The maximum atomic E-state index is 8.06. The van der Waals surface area contributed by atoms with Crippen molar-refractivity contribution in [3.8, 4) is 0 Å². The quantitative estimate of drug-likeness (QED) is 0.249. The van der Waals surface area contributed by atoms with Crippen molar-refractivity contribution in [2.45, 2.75) is 6.92 Å². The molecular weight excluding hydrogens is 102 g/mol. The standard InChI is InChI=1S/C6H9NO/c1-3-4-5-6(2)7-8/h3-5,8H,1H2,2H3/b5-4-,7-6-. The molecule has 0 aromatic rings.